The molecule has 0 saturated carbocycles. The van der Waals surface area contributed by atoms with Gasteiger partial charge in [-0.25, -0.2) is 9.48 Å². The van der Waals surface area contributed by atoms with Gasteiger partial charge in [-0.05, 0) is 17.4 Å². The zero-order chi connectivity index (χ0) is 11.3. The Morgan fingerprint density at radius 1 is 1.53 bits per heavy atom. The molecule has 0 spiro atoms. The minimum atomic E-state index is -0.619. The Balaban J connectivity index is 2.68. The topological polar surface area (TPSA) is 113 Å². The molecule has 1 heterocycles. The van der Waals surface area contributed by atoms with Crippen LogP contribution in [0.3, 0.4) is 0 Å². The van der Waals surface area contributed by atoms with Gasteiger partial charge in [-0.3, -0.25) is 4.79 Å². The van der Waals surface area contributed by atoms with Crippen molar-refractivity contribution in [2.75, 3.05) is 6.61 Å². The number of hydrogen-bond acceptors (Lipinski definition) is 6. The number of nitrogens with two attached hydrogens (primary N) is 1. The van der Waals surface area contributed by atoms with Crippen LogP contribution in [0.2, 0.25) is 0 Å². The fourth-order valence-corrected chi connectivity index (χ4v) is 0.913. The van der Waals surface area contributed by atoms with Crippen LogP contribution >= 0.6 is 0 Å². The van der Waals surface area contributed by atoms with Crippen molar-refractivity contribution in [2.45, 2.75) is 19.9 Å². The van der Waals surface area contributed by atoms with Crippen LogP contribution in [0, 0.1) is 0 Å². The van der Waals surface area contributed by atoms with E-state index in [2.05, 4.69) is 15.5 Å². The first-order valence-electron chi connectivity index (χ1n) is 4.36. The van der Waals surface area contributed by atoms with Crippen molar-refractivity contribution in [1.82, 2.24) is 20.2 Å². The average molecular weight is 213 g/mol. The molecular formula is C7H11N5O3. The number of hydrogen-bond donors (Lipinski definition) is 1. The van der Waals surface area contributed by atoms with E-state index in [1.807, 2.05) is 0 Å². The maximum Gasteiger partial charge on any atom is 0.378 e. The molecule has 82 valence electrons. The molecule has 15 heavy (non-hydrogen) atoms. The third-order valence-corrected chi connectivity index (χ3v) is 1.56. The lowest BCUT2D eigenvalue weighted by molar-refractivity contribution is -0.118. The zero-order valence-electron chi connectivity index (χ0n) is 8.21. The fraction of sp³-hybridized carbons (Fsp3) is 0.571. The number of tetrazole rings is 1. The Hall–Kier alpha value is -1.99. The lowest BCUT2D eigenvalue weighted by Gasteiger charge is -2.01. The summed E-state index contributed by atoms with van der Waals surface area (Å²) in [5.41, 5.74) is 4.96. The summed E-state index contributed by atoms with van der Waals surface area (Å²) in [5, 5.41) is 10.3. The summed E-state index contributed by atoms with van der Waals surface area (Å²) in [6.45, 7) is 2.08. The summed E-state index contributed by atoms with van der Waals surface area (Å²) in [6.07, 6.45) is 0.0669. The van der Waals surface area contributed by atoms with Gasteiger partial charge in [0.1, 0.15) is 0 Å². The second-order valence-corrected chi connectivity index (χ2v) is 2.66. The summed E-state index contributed by atoms with van der Waals surface area (Å²) >= 11 is 0. The third-order valence-electron chi connectivity index (χ3n) is 1.56. The van der Waals surface area contributed by atoms with Crippen molar-refractivity contribution >= 4 is 11.9 Å². The van der Waals surface area contributed by atoms with Gasteiger partial charge < -0.3 is 10.5 Å². The largest absolute Gasteiger partial charge is 0.460 e. The minimum Gasteiger partial charge on any atom is -0.460 e. The molecule has 2 N–H and O–H groups in total. The smallest absolute Gasteiger partial charge is 0.378 e. The molecule has 0 fully saturated rings. The molecule has 0 radical (unpaired) electrons. The summed E-state index contributed by atoms with van der Waals surface area (Å²) in [7, 11) is 0. The molecule has 0 saturated heterocycles. The van der Waals surface area contributed by atoms with Crippen molar-refractivity contribution in [1.29, 1.82) is 0 Å². The minimum absolute atomic E-state index is 0.0295. The standard InChI is InChI=1S/C7H11N5O3/c1-2-15-7(14)6-9-10-11-12(6)4-3-5(8)13/h2-4H2,1H3,(H2,8,13). The highest BCUT2D eigenvalue weighted by Gasteiger charge is 2.16. The van der Waals surface area contributed by atoms with Crippen LogP contribution in [-0.4, -0.2) is 38.7 Å². The molecule has 8 heteroatoms. The van der Waals surface area contributed by atoms with Crippen molar-refractivity contribution in [3.05, 3.63) is 5.82 Å². The highest BCUT2D eigenvalue weighted by molar-refractivity contribution is 5.85. The van der Waals surface area contributed by atoms with Crippen molar-refractivity contribution in [2.24, 2.45) is 5.73 Å². The Kier molecular flexibility index (Phi) is 3.72. The number of carbonyl (C=O) groups is 2. The first-order valence-corrected chi connectivity index (χ1v) is 4.36. The average Bonchev–Trinajstić information content (AvgIpc) is 2.62. The Bertz CT molecular complexity index is 361. The summed E-state index contributed by atoms with van der Waals surface area (Å²) in [6, 6.07) is 0. The SMILES string of the molecule is CCOC(=O)c1nnnn1CCC(N)=O. The zero-order valence-corrected chi connectivity index (χ0v) is 8.21. The van der Waals surface area contributed by atoms with Gasteiger partial charge in [0.15, 0.2) is 0 Å². The highest BCUT2D eigenvalue weighted by Crippen LogP contribution is 1.97. The maximum atomic E-state index is 11.3. The summed E-state index contributed by atoms with van der Waals surface area (Å²) in [4.78, 5) is 21.8. The van der Waals surface area contributed by atoms with Gasteiger partial charge in [0.25, 0.3) is 5.82 Å². The van der Waals surface area contributed by atoms with Crippen LogP contribution in [0.15, 0.2) is 0 Å². The number of rotatable bonds is 5. The predicted molar refractivity (Wildman–Crippen MR) is 47.6 cm³/mol. The Labute approximate surface area is 85.4 Å². The van der Waals surface area contributed by atoms with Crippen LogP contribution in [0.4, 0.5) is 0 Å². The molecule has 0 aliphatic rings. The van der Waals surface area contributed by atoms with E-state index >= 15 is 0 Å². The number of carbonyl (C=O) groups excluding carboxylic acids is 2. The molecule has 0 unspecified atom stereocenters. The molecule has 1 rings (SSSR count). The Morgan fingerprint density at radius 3 is 2.87 bits per heavy atom. The lowest BCUT2D eigenvalue weighted by Crippen LogP contribution is -2.19. The van der Waals surface area contributed by atoms with Gasteiger partial charge in [0, 0.05) is 6.42 Å². The van der Waals surface area contributed by atoms with E-state index in [0.717, 1.165) is 0 Å². The van der Waals surface area contributed by atoms with E-state index < -0.39 is 11.9 Å². The van der Waals surface area contributed by atoms with E-state index in [1.54, 1.807) is 6.92 Å². The lowest BCUT2D eigenvalue weighted by atomic mass is 10.4. The Morgan fingerprint density at radius 2 is 2.27 bits per heavy atom. The number of primary amides is 1. The molecule has 1 aromatic rings. The van der Waals surface area contributed by atoms with Gasteiger partial charge >= 0.3 is 5.97 Å². The molecular weight excluding hydrogens is 202 g/mol. The normalized spacial score (nSPS) is 9.93. The quantitative estimate of drug-likeness (QED) is 0.610. The van der Waals surface area contributed by atoms with E-state index in [1.165, 1.54) is 4.68 Å². The number of esters is 1. The number of aromatic nitrogens is 4. The fourth-order valence-electron chi connectivity index (χ4n) is 0.913. The van der Waals surface area contributed by atoms with E-state index in [-0.39, 0.29) is 25.4 Å². The predicted octanol–water partition coefficient (Wildman–Crippen LogP) is -1.27. The number of aryl methyl sites for hydroxylation is 1. The van der Waals surface area contributed by atoms with Crippen molar-refractivity contribution in [3.8, 4) is 0 Å². The second kappa shape index (κ2) is 5.03. The highest BCUT2D eigenvalue weighted by atomic mass is 16.5. The molecule has 1 amide bonds. The summed E-state index contributed by atoms with van der Waals surface area (Å²) < 4.78 is 5.90. The molecule has 0 aliphatic heterocycles. The monoisotopic (exact) mass is 213 g/mol. The third kappa shape index (κ3) is 3.01. The van der Waals surface area contributed by atoms with Gasteiger partial charge in [-0.15, -0.1) is 5.10 Å². The van der Waals surface area contributed by atoms with Crippen LogP contribution in [-0.2, 0) is 16.1 Å². The first kappa shape index (κ1) is 11.1. The van der Waals surface area contributed by atoms with Gasteiger partial charge in [0.05, 0.1) is 13.2 Å². The summed E-state index contributed by atoms with van der Waals surface area (Å²) in [5.74, 6) is -1.13. The molecule has 0 aromatic carbocycles. The number of nitrogens with zero attached hydrogens (tertiary/aromatic N) is 4. The second-order valence-electron chi connectivity index (χ2n) is 2.66. The van der Waals surface area contributed by atoms with Gasteiger partial charge in [-0.1, -0.05) is 0 Å². The van der Waals surface area contributed by atoms with E-state index in [0.29, 0.717) is 0 Å². The van der Waals surface area contributed by atoms with E-state index in [4.69, 9.17) is 10.5 Å². The molecule has 0 atom stereocenters. The molecule has 0 aliphatic carbocycles. The molecule has 1 aromatic heterocycles. The van der Waals surface area contributed by atoms with Crippen LogP contribution in [0.1, 0.15) is 24.0 Å². The van der Waals surface area contributed by atoms with Crippen LogP contribution in [0.5, 0.6) is 0 Å². The number of ether oxygens (including phenoxy) is 1. The number of amides is 1. The van der Waals surface area contributed by atoms with Crippen LogP contribution in [0.25, 0.3) is 0 Å². The van der Waals surface area contributed by atoms with Crippen molar-refractivity contribution < 1.29 is 14.3 Å². The van der Waals surface area contributed by atoms with Gasteiger partial charge in [-0.2, -0.15) is 0 Å². The maximum absolute atomic E-state index is 11.3. The first-order chi connectivity index (χ1) is 7.15. The van der Waals surface area contributed by atoms with Gasteiger partial charge in [0.2, 0.25) is 5.91 Å². The van der Waals surface area contributed by atoms with Crippen molar-refractivity contribution in [3.63, 3.8) is 0 Å². The molecule has 0 bridgehead atoms. The molecule has 8 nitrogen and oxygen atoms in total. The van der Waals surface area contributed by atoms with Crippen LogP contribution < -0.4 is 5.73 Å². The van der Waals surface area contributed by atoms with E-state index in [9.17, 15) is 9.59 Å².